The van der Waals surface area contributed by atoms with Crippen LogP contribution < -0.4 is 0 Å². The maximum Gasteiger partial charge on any atom is 0.307 e. The smallest absolute Gasteiger partial charge is 0.307 e. The number of hydrogen-bond donors (Lipinski definition) is 3. The van der Waals surface area contributed by atoms with Gasteiger partial charge in [0.25, 0.3) is 0 Å². The quantitative estimate of drug-likeness (QED) is 0.593. The van der Waals surface area contributed by atoms with Crippen molar-refractivity contribution in [1.29, 1.82) is 0 Å². The maximum atomic E-state index is 10.8. The van der Waals surface area contributed by atoms with E-state index in [4.69, 9.17) is 14.9 Å². The van der Waals surface area contributed by atoms with E-state index < -0.39 is 36.0 Å². The fraction of sp³-hybridized carbons (Fsp3) is 0.778. The molecule has 0 unspecified atom stereocenters. The van der Waals surface area contributed by atoms with Crippen LogP contribution in [0.25, 0.3) is 0 Å². The van der Waals surface area contributed by atoms with Crippen LogP contribution in [0.1, 0.15) is 12.8 Å². The summed E-state index contributed by atoms with van der Waals surface area (Å²) >= 11 is 0. The van der Waals surface area contributed by atoms with Gasteiger partial charge in [0.15, 0.2) is 0 Å². The van der Waals surface area contributed by atoms with Gasteiger partial charge in [-0.05, 0) is 12.8 Å². The van der Waals surface area contributed by atoms with E-state index in [0.29, 0.717) is 0 Å². The fourth-order valence-electron chi connectivity index (χ4n) is 1.95. The number of carbonyl (C=O) groups is 2. The van der Waals surface area contributed by atoms with Gasteiger partial charge in [-0.3, -0.25) is 9.59 Å². The molecule has 0 aromatic heterocycles. The first-order chi connectivity index (χ1) is 6.97. The highest BCUT2D eigenvalue weighted by atomic mass is 16.5. The Morgan fingerprint density at radius 1 is 1.13 bits per heavy atom. The van der Waals surface area contributed by atoms with Crippen LogP contribution in [-0.4, -0.2) is 46.6 Å². The molecule has 15 heavy (non-hydrogen) atoms. The molecule has 3 N–H and O–H groups in total. The van der Waals surface area contributed by atoms with E-state index in [1.165, 1.54) is 7.11 Å². The van der Waals surface area contributed by atoms with E-state index in [1.807, 2.05) is 0 Å². The summed E-state index contributed by atoms with van der Waals surface area (Å²) in [7, 11) is 1.37. The van der Waals surface area contributed by atoms with Crippen LogP contribution in [0.4, 0.5) is 0 Å². The predicted octanol–water partition coefficient (Wildman–Crippen LogP) is -0.442. The Hall–Kier alpha value is -1.14. The molecule has 86 valence electrons. The van der Waals surface area contributed by atoms with Crippen LogP contribution in [0, 0.1) is 11.8 Å². The summed E-state index contributed by atoms with van der Waals surface area (Å²) in [6.45, 7) is 0. The molecule has 0 saturated heterocycles. The Balaban J connectivity index is 2.81. The van der Waals surface area contributed by atoms with Crippen molar-refractivity contribution in [1.82, 2.24) is 0 Å². The lowest BCUT2D eigenvalue weighted by molar-refractivity contribution is -0.163. The van der Waals surface area contributed by atoms with Crippen molar-refractivity contribution < 1.29 is 29.6 Å². The molecule has 0 bridgehead atoms. The lowest BCUT2D eigenvalue weighted by Crippen LogP contribution is -2.45. The predicted molar refractivity (Wildman–Crippen MR) is 48.3 cm³/mol. The molecule has 1 aliphatic rings. The highest BCUT2D eigenvalue weighted by molar-refractivity contribution is 5.80. The average Bonchev–Trinajstić information content (AvgIpc) is 2.16. The lowest BCUT2D eigenvalue weighted by atomic mass is 9.76. The Bertz CT molecular complexity index is 263. The van der Waals surface area contributed by atoms with Gasteiger partial charge < -0.3 is 20.1 Å². The Kier molecular flexibility index (Phi) is 3.65. The Labute approximate surface area is 86.5 Å². The number of hydrogen-bond acceptors (Lipinski definition) is 4. The first kappa shape index (κ1) is 11.9. The third kappa shape index (κ3) is 2.45. The van der Waals surface area contributed by atoms with Crippen molar-refractivity contribution in [3.63, 3.8) is 0 Å². The van der Waals surface area contributed by atoms with Gasteiger partial charge in [0.1, 0.15) is 0 Å². The first-order valence-electron chi connectivity index (χ1n) is 4.63. The van der Waals surface area contributed by atoms with Crippen LogP contribution >= 0.6 is 0 Å². The van der Waals surface area contributed by atoms with Crippen molar-refractivity contribution in [2.45, 2.75) is 25.0 Å². The minimum atomic E-state index is -1.18. The number of methoxy groups -OCH3 is 1. The van der Waals surface area contributed by atoms with E-state index in [1.54, 1.807) is 0 Å². The SMILES string of the molecule is CO[C@@H]1C[C@H](C(=O)O)[C@H](C(=O)O)C[C@H]1O. The highest BCUT2D eigenvalue weighted by Gasteiger charge is 2.43. The molecular weight excluding hydrogens is 204 g/mol. The summed E-state index contributed by atoms with van der Waals surface area (Å²) in [6, 6.07) is 0. The van der Waals surface area contributed by atoms with Crippen molar-refractivity contribution >= 4 is 11.9 Å². The molecule has 6 nitrogen and oxygen atoms in total. The summed E-state index contributed by atoms with van der Waals surface area (Å²) in [5, 5.41) is 27.2. The largest absolute Gasteiger partial charge is 0.481 e. The summed E-state index contributed by atoms with van der Waals surface area (Å²) in [4.78, 5) is 21.6. The van der Waals surface area contributed by atoms with Crippen LogP contribution in [-0.2, 0) is 14.3 Å². The lowest BCUT2D eigenvalue weighted by Gasteiger charge is -2.34. The van der Waals surface area contributed by atoms with Crippen LogP contribution in [0.5, 0.6) is 0 Å². The van der Waals surface area contributed by atoms with Gasteiger partial charge >= 0.3 is 11.9 Å². The van der Waals surface area contributed by atoms with Crippen LogP contribution in [0.3, 0.4) is 0 Å². The molecule has 4 atom stereocenters. The molecule has 0 aromatic rings. The van der Waals surface area contributed by atoms with Gasteiger partial charge in [-0.2, -0.15) is 0 Å². The molecule has 1 rings (SSSR count). The van der Waals surface area contributed by atoms with Crippen molar-refractivity contribution in [3.05, 3.63) is 0 Å². The number of carboxylic acid groups (broad SMARTS) is 2. The second kappa shape index (κ2) is 4.59. The van der Waals surface area contributed by atoms with Gasteiger partial charge in [-0.1, -0.05) is 0 Å². The summed E-state index contributed by atoms with van der Waals surface area (Å²) in [5.74, 6) is -4.37. The molecule has 6 heteroatoms. The van der Waals surface area contributed by atoms with Crippen molar-refractivity contribution in [3.8, 4) is 0 Å². The zero-order valence-electron chi connectivity index (χ0n) is 8.29. The number of ether oxygens (including phenoxy) is 1. The second-order valence-corrected chi connectivity index (χ2v) is 3.70. The summed E-state index contributed by atoms with van der Waals surface area (Å²) in [6.07, 6.45) is -1.55. The third-order valence-electron chi connectivity index (χ3n) is 2.83. The molecule has 1 aliphatic carbocycles. The van der Waals surface area contributed by atoms with Crippen LogP contribution in [0.2, 0.25) is 0 Å². The molecule has 0 aliphatic heterocycles. The van der Waals surface area contributed by atoms with Gasteiger partial charge in [-0.25, -0.2) is 0 Å². The number of rotatable bonds is 3. The van der Waals surface area contributed by atoms with Gasteiger partial charge in [0, 0.05) is 7.11 Å². The fourth-order valence-corrected chi connectivity index (χ4v) is 1.95. The maximum absolute atomic E-state index is 10.8. The number of aliphatic hydroxyl groups excluding tert-OH is 1. The number of aliphatic hydroxyl groups is 1. The minimum absolute atomic E-state index is 0.0317. The molecule has 0 aromatic carbocycles. The zero-order chi connectivity index (χ0) is 11.6. The summed E-state index contributed by atoms with van der Waals surface area (Å²) < 4.78 is 4.91. The standard InChI is InChI=1S/C9H14O6/c1-15-7-3-5(9(13)14)4(8(11)12)2-6(7)10/h4-7,10H,2-3H2,1H3,(H,11,12)(H,13,14)/t4-,5+,6-,7-/m1/s1. The Morgan fingerprint density at radius 3 is 2.00 bits per heavy atom. The van der Waals surface area contributed by atoms with Crippen molar-refractivity contribution in [2.24, 2.45) is 11.8 Å². The summed E-state index contributed by atoms with van der Waals surface area (Å²) in [5.41, 5.74) is 0. The van der Waals surface area contributed by atoms with Crippen LogP contribution in [0.15, 0.2) is 0 Å². The van der Waals surface area contributed by atoms with E-state index >= 15 is 0 Å². The van der Waals surface area contributed by atoms with Gasteiger partial charge in [0.2, 0.25) is 0 Å². The monoisotopic (exact) mass is 218 g/mol. The molecule has 0 spiro atoms. The van der Waals surface area contributed by atoms with E-state index in [2.05, 4.69) is 0 Å². The van der Waals surface area contributed by atoms with Gasteiger partial charge in [0.05, 0.1) is 24.0 Å². The first-order valence-corrected chi connectivity index (χ1v) is 4.63. The average molecular weight is 218 g/mol. The molecular formula is C9H14O6. The molecule has 0 heterocycles. The molecule has 1 saturated carbocycles. The van der Waals surface area contributed by atoms with E-state index in [0.717, 1.165) is 0 Å². The van der Waals surface area contributed by atoms with E-state index in [-0.39, 0.29) is 12.8 Å². The molecule has 0 radical (unpaired) electrons. The number of carboxylic acids is 2. The highest BCUT2D eigenvalue weighted by Crippen LogP contribution is 2.32. The molecule has 0 amide bonds. The van der Waals surface area contributed by atoms with Crippen molar-refractivity contribution in [2.75, 3.05) is 7.11 Å². The zero-order valence-corrected chi connectivity index (χ0v) is 8.29. The number of aliphatic carboxylic acids is 2. The second-order valence-electron chi connectivity index (χ2n) is 3.70. The van der Waals surface area contributed by atoms with E-state index in [9.17, 15) is 14.7 Å². The topological polar surface area (TPSA) is 104 Å². The minimum Gasteiger partial charge on any atom is -0.481 e. The Morgan fingerprint density at radius 2 is 1.60 bits per heavy atom. The normalized spacial score (nSPS) is 36.1. The van der Waals surface area contributed by atoms with Gasteiger partial charge in [-0.15, -0.1) is 0 Å². The third-order valence-corrected chi connectivity index (χ3v) is 2.83. The molecule has 1 fully saturated rings.